The van der Waals surface area contributed by atoms with Gasteiger partial charge in [0.15, 0.2) is 17.5 Å². The van der Waals surface area contributed by atoms with Crippen molar-refractivity contribution in [2.75, 3.05) is 0 Å². The Morgan fingerprint density at radius 1 is 0.246 bits per heavy atom. The van der Waals surface area contributed by atoms with Crippen molar-refractivity contribution in [2.24, 2.45) is 0 Å². The van der Waals surface area contributed by atoms with Crippen LogP contribution in [0, 0.1) is 0 Å². The average Bonchev–Trinajstić information content (AvgIpc) is 3.69. The summed E-state index contributed by atoms with van der Waals surface area (Å²) in [6.07, 6.45) is 0. The fraction of sp³-hybridized carbons (Fsp3) is 0.0161. The van der Waals surface area contributed by atoms with Crippen LogP contribution in [0.5, 0.6) is 0 Å². The van der Waals surface area contributed by atoms with Crippen LogP contribution in [0.15, 0.2) is 237 Å². The number of aromatic nitrogens is 3. The van der Waals surface area contributed by atoms with Crippen molar-refractivity contribution >= 4 is 43.1 Å². The summed E-state index contributed by atoms with van der Waals surface area (Å²) in [7, 11) is 0. The Balaban J connectivity index is 1.01. The van der Waals surface area contributed by atoms with Gasteiger partial charge in [0.1, 0.15) is 0 Å². The minimum absolute atomic E-state index is 0.487. The number of benzene rings is 11. The summed E-state index contributed by atoms with van der Waals surface area (Å²) < 4.78 is 0. The minimum atomic E-state index is -0.487. The summed E-state index contributed by atoms with van der Waals surface area (Å²) in [5.41, 5.74) is 12.0. The van der Waals surface area contributed by atoms with Crippen molar-refractivity contribution in [3.63, 3.8) is 0 Å². The largest absolute Gasteiger partial charge is 0.208 e. The monoisotopic (exact) mass is 825 g/mol. The van der Waals surface area contributed by atoms with Crippen molar-refractivity contribution in [2.45, 2.75) is 5.41 Å². The third-order valence-electron chi connectivity index (χ3n) is 13.6. The van der Waals surface area contributed by atoms with Crippen LogP contribution in [-0.4, -0.2) is 15.0 Å². The minimum Gasteiger partial charge on any atom is -0.208 e. The number of rotatable bonds is 6. The Hall–Kier alpha value is -8.53. The van der Waals surface area contributed by atoms with Gasteiger partial charge in [-0.15, -0.1) is 0 Å². The lowest BCUT2D eigenvalue weighted by molar-refractivity contribution is 0.768. The summed E-state index contributed by atoms with van der Waals surface area (Å²) in [4.78, 5) is 15.8. The fourth-order valence-corrected chi connectivity index (χ4v) is 10.8. The summed E-state index contributed by atoms with van der Waals surface area (Å²) in [6.45, 7) is 0. The molecular formula is C62H39N3. The van der Waals surface area contributed by atoms with Crippen molar-refractivity contribution in [3.8, 4) is 56.4 Å². The summed E-state index contributed by atoms with van der Waals surface area (Å²) in [5.74, 6) is 1.89. The van der Waals surface area contributed by atoms with E-state index in [0.717, 1.165) is 22.3 Å². The Morgan fingerprint density at radius 3 is 1.35 bits per heavy atom. The van der Waals surface area contributed by atoms with Gasteiger partial charge in [-0.25, -0.2) is 15.0 Å². The topological polar surface area (TPSA) is 38.7 Å². The summed E-state index contributed by atoms with van der Waals surface area (Å²) in [5, 5.41) is 10.0. The van der Waals surface area contributed by atoms with E-state index in [1.807, 2.05) is 18.2 Å². The Kier molecular flexibility index (Phi) is 8.44. The standard InChI is InChI=1S/C62H39N3/c1-4-19-40(20-5-1)59-63-60(42-22-18-21-41(37-42)53-39-55-48-29-11-10-27-46(48)47-28-12-14-32-51(47)58(55)52-33-15-13-30-49(52)53)65-61(64-59)43-35-36-57-54(38-43)50-31-16-17-34-56(50)62(57,44-23-6-2-7-24-44)45-25-8-3-9-26-45/h1-39H. The van der Waals surface area contributed by atoms with Gasteiger partial charge in [0.25, 0.3) is 0 Å². The number of fused-ring (bicyclic) bond motifs is 11. The van der Waals surface area contributed by atoms with Crippen LogP contribution in [0.25, 0.3) is 99.5 Å². The first kappa shape index (κ1) is 37.1. The van der Waals surface area contributed by atoms with Gasteiger partial charge in [0, 0.05) is 16.7 Å². The average molecular weight is 826 g/mol. The molecule has 0 saturated carbocycles. The Morgan fingerprint density at radius 2 is 0.692 bits per heavy atom. The Labute approximate surface area is 377 Å². The molecule has 0 aliphatic heterocycles. The quantitative estimate of drug-likeness (QED) is 0.157. The predicted molar refractivity (Wildman–Crippen MR) is 269 cm³/mol. The van der Waals surface area contributed by atoms with Gasteiger partial charge in [-0.1, -0.05) is 218 Å². The highest BCUT2D eigenvalue weighted by Crippen LogP contribution is 2.56. The molecule has 1 heterocycles. The van der Waals surface area contributed by atoms with E-state index in [2.05, 4.69) is 218 Å². The second-order valence-corrected chi connectivity index (χ2v) is 17.0. The molecule has 0 N–H and O–H groups in total. The highest BCUT2D eigenvalue weighted by Gasteiger charge is 2.46. The van der Waals surface area contributed by atoms with Crippen molar-refractivity contribution in [1.82, 2.24) is 15.0 Å². The number of hydrogen-bond acceptors (Lipinski definition) is 3. The van der Waals surface area contributed by atoms with E-state index in [1.54, 1.807) is 0 Å². The predicted octanol–water partition coefficient (Wildman–Crippen LogP) is 15.5. The van der Waals surface area contributed by atoms with Crippen molar-refractivity contribution in [3.05, 3.63) is 259 Å². The lowest BCUT2D eigenvalue weighted by Crippen LogP contribution is -2.28. The smallest absolute Gasteiger partial charge is 0.164 e. The third-order valence-corrected chi connectivity index (χ3v) is 13.6. The van der Waals surface area contributed by atoms with Crippen molar-refractivity contribution < 1.29 is 0 Å². The van der Waals surface area contributed by atoms with Crippen LogP contribution in [0.3, 0.4) is 0 Å². The van der Waals surface area contributed by atoms with Gasteiger partial charge in [0.2, 0.25) is 0 Å². The summed E-state index contributed by atoms with van der Waals surface area (Å²) >= 11 is 0. The Bertz CT molecular complexity index is 3780. The molecule has 0 radical (unpaired) electrons. The molecule has 3 heteroatoms. The van der Waals surface area contributed by atoms with E-state index in [4.69, 9.17) is 15.0 Å². The molecule has 302 valence electrons. The molecule has 1 aliphatic carbocycles. The van der Waals surface area contributed by atoms with Gasteiger partial charge in [-0.05, 0) is 106 Å². The second-order valence-electron chi connectivity index (χ2n) is 17.0. The van der Waals surface area contributed by atoms with Gasteiger partial charge >= 0.3 is 0 Å². The molecule has 3 nitrogen and oxygen atoms in total. The molecule has 0 spiro atoms. The molecular weight excluding hydrogens is 787 g/mol. The zero-order chi connectivity index (χ0) is 42.9. The highest BCUT2D eigenvalue weighted by molar-refractivity contribution is 6.33. The maximum Gasteiger partial charge on any atom is 0.164 e. The molecule has 65 heavy (non-hydrogen) atoms. The molecule has 1 aliphatic rings. The van der Waals surface area contributed by atoms with Crippen LogP contribution in [0.1, 0.15) is 22.3 Å². The van der Waals surface area contributed by atoms with E-state index >= 15 is 0 Å². The van der Waals surface area contributed by atoms with E-state index in [1.165, 1.54) is 82.0 Å². The molecule has 11 aromatic carbocycles. The maximum atomic E-state index is 5.33. The molecule has 12 aromatic rings. The lowest BCUT2D eigenvalue weighted by atomic mass is 9.67. The molecule has 0 unspecified atom stereocenters. The first-order valence-electron chi connectivity index (χ1n) is 22.3. The zero-order valence-electron chi connectivity index (χ0n) is 35.4. The molecule has 0 atom stereocenters. The highest BCUT2D eigenvalue weighted by atomic mass is 15.0. The molecule has 1 aromatic heterocycles. The van der Waals surface area contributed by atoms with Crippen LogP contribution in [0.2, 0.25) is 0 Å². The molecule has 13 rings (SSSR count). The third kappa shape index (κ3) is 5.72. The van der Waals surface area contributed by atoms with Gasteiger partial charge in [-0.3, -0.25) is 0 Å². The van der Waals surface area contributed by atoms with E-state index in [9.17, 15) is 0 Å². The van der Waals surface area contributed by atoms with Gasteiger partial charge < -0.3 is 0 Å². The van der Waals surface area contributed by atoms with Crippen LogP contribution in [0.4, 0.5) is 0 Å². The van der Waals surface area contributed by atoms with Crippen LogP contribution in [-0.2, 0) is 5.41 Å². The summed E-state index contributed by atoms with van der Waals surface area (Å²) in [6, 6.07) is 85.3. The van der Waals surface area contributed by atoms with E-state index in [-0.39, 0.29) is 0 Å². The van der Waals surface area contributed by atoms with E-state index < -0.39 is 5.41 Å². The first-order chi connectivity index (χ1) is 32.2. The number of hydrogen-bond donors (Lipinski definition) is 0. The molecule has 0 bridgehead atoms. The van der Waals surface area contributed by atoms with Crippen molar-refractivity contribution in [1.29, 1.82) is 0 Å². The van der Waals surface area contributed by atoms with Gasteiger partial charge in [0.05, 0.1) is 5.41 Å². The fourth-order valence-electron chi connectivity index (χ4n) is 10.8. The first-order valence-corrected chi connectivity index (χ1v) is 22.3. The second kappa shape index (κ2) is 14.8. The SMILES string of the molecule is c1ccc(-c2nc(-c3cccc(-c4cc5c6ccccc6c6ccccc6c5c5ccccc45)c3)nc(-c3ccc4c(c3)-c3ccccc3C4(c3ccccc3)c3ccccc3)n2)cc1. The van der Waals surface area contributed by atoms with E-state index in [0.29, 0.717) is 17.5 Å². The van der Waals surface area contributed by atoms with Crippen LogP contribution >= 0.6 is 0 Å². The molecule has 0 saturated heterocycles. The molecule has 0 amide bonds. The lowest BCUT2D eigenvalue weighted by Gasteiger charge is -2.33. The normalized spacial score (nSPS) is 12.7. The van der Waals surface area contributed by atoms with Gasteiger partial charge in [-0.2, -0.15) is 0 Å². The maximum absolute atomic E-state index is 5.33. The zero-order valence-corrected chi connectivity index (χ0v) is 35.4. The number of nitrogens with zero attached hydrogens (tertiary/aromatic N) is 3. The van der Waals surface area contributed by atoms with Crippen LogP contribution < -0.4 is 0 Å². The molecule has 0 fully saturated rings.